The Labute approximate surface area is 176 Å². The lowest BCUT2D eigenvalue weighted by Gasteiger charge is -2.09. The highest BCUT2D eigenvalue weighted by atomic mass is 32.2. The Morgan fingerprint density at radius 3 is 2.70 bits per heavy atom. The van der Waals surface area contributed by atoms with Crippen molar-refractivity contribution < 1.29 is 19.1 Å². The molecule has 7 nitrogen and oxygen atoms in total. The molecule has 0 unspecified atom stereocenters. The smallest absolute Gasteiger partial charge is 0.290 e. The summed E-state index contributed by atoms with van der Waals surface area (Å²) in [5, 5.41) is 6.44. The first-order valence-corrected chi connectivity index (χ1v) is 9.93. The minimum atomic E-state index is -0.381. The maximum Gasteiger partial charge on any atom is 0.290 e. The van der Waals surface area contributed by atoms with E-state index in [0.29, 0.717) is 16.5 Å². The molecule has 2 N–H and O–H groups in total. The molecule has 0 atom stereocenters. The molecule has 3 aromatic rings. The molecule has 0 aliphatic carbocycles. The number of thioether (sulfide) groups is 1. The first-order chi connectivity index (χ1) is 14.5. The average Bonchev–Trinajstić information content (AvgIpc) is 3.03. The van der Waals surface area contributed by atoms with Crippen molar-refractivity contribution in [2.24, 2.45) is 0 Å². The topological polar surface area (TPSA) is 97.4 Å². The van der Waals surface area contributed by atoms with Gasteiger partial charge >= 0.3 is 0 Å². The van der Waals surface area contributed by atoms with E-state index in [9.17, 15) is 14.4 Å². The van der Waals surface area contributed by atoms with Gasteiger partial charge in [-0.25, -0.2) is 4.98 Å². The van der Waals surface area contributed by atoms with Gasteiger partial charge in [0, 0.05) is 5.69 Å². The van der Waals surface area contributed by atoms with E-state index in [1.807, 2.05) is 49.4 Å². The molecule has 2 heterocycles. The molecule has 1 fully saturated rings. The van der Waals surface area contributed by atoms with Gasteiger partial charge in [-0.05, 0) is 71.4 Å². The third-order valence-electron chi connectivity index (χ3n) is 4.30. The molecule has 150 valence electrons. The molecule has 1 aromatic heterocycles. The highest BCUT2D eigenvalue weighted by molar-refractivity contribution is 8.18. The van der Waals surface area contributed by atoms with Crippen LogP contribution in [0.15, 0.2) is 59.5 Å². The molecular weight excluding hydrogens is 402 g/mol. The van der Waals surface area contributed by atoms with Gasteiger partial charge in [-0.2, -0.15) is 0 Å². The number of pyridine rings is 1. The van der Waals surface area contributed by atoms with E-state index in [1.54, 1.807) is 18.2 Å². The van der Waals surface area contributed by atoms with Crippen molar-refractivity contribution in [3.8, 4) is 5.75 Å². The number of fused-ring (bicyclic) bond motifs is 1. The molecule has 0 radical (unpaired) electrons. The van der Waals surface area contributed by atoms with Crippen LogP contribution in [0.25, 0.3) is 16.8 Å². The van der Waals surface area contributed by atoms with Crippen LogP contribution in [0.2, 0.25) is 0 Å². The second-order valence-electron chi connectivity index (χ2n) is 6.62. The van der Waals surface area contributed by atoms with Crippen LogP contribution in [0.4, 0.5) is 10.6 Å². The van der Waals surface area contributed by atoms with Crippen molar-refractivity contribution in [3.63, 3.8) is 0 Å². The summed E-state index contributed by atoms with van der Waals surface area (Å²) in [6.07, 6.45) is 1.68. The Kier molecular flexibility index (Phi) is 5.49. The number of nitrogens with zero attached hydrogens (tertiary/aromatic N) is 1. The number of hydrogen-bond acceptors (Lipinski definition) is 6. The fourth-order valence-corrected chi connectivity index (χ4v) is 3.62. The average molecular weight is 419 g/mol. The number of aromatic nitrogens is 1. The van der Waals surface area contributed by atoms with Gasteiger partial charge in [-0.3, -0.25) is 19.7 Å². The fraction of sp³-hybridized carbons (Fsp3) is 0.0909. The Balaban J connectivity index is 1.42. The van der Waals surface area contributed by atoms with E-state index in [2.05, 4.69) is 15.6 Å². The third-order valence-corrected chi connectivity index (χ3v) is 5.11. The van der Waals surface area contributed by atoms with Gasteiger partial charge in [-0.15, -0.1) is 0 Å². The Bertz CT molecular complexity index is 1210. The summed E-state index contributed by atoms with van der Waals surface area (Å²) in [5.74, 6) is 0.377. The number of aryl methyl sites for hydroxylation is 1. The molecule has 4 rings (SSSR count). The summed E-state index contributed by atoms with van der Waals surface area (Å²) in [6.45, 7) is 1.72. The zero-order valence-corrected chi connectivity index (χ0v) is 16.8. The molecule has 1 aliphatic rings. The fourth-order valence-electron chi connectivity index (χ4n) is 2.93. The molecule has 8 heteroatoms. The number of amides is 3. The molecule has 0 saturated carbocycles. The first kappa shape index (κ1) is 19.7. The molecule has 1 aliphatic heterocycles. The number of anilines is 1. The van der Waals surface area contributed by atoms with Crippen molar-refractivity contribution >= 4 is 51.5 Å². The van der Waals surface area contributed by atoms with Crippen LogP contribution in [-0.4, -0.2) is 28.6 Å². The third kappa shape index (κ3) is 4.66. The largest absolute Gasteiger partial charge is 0.484 e. The number of rotatable bonds is 5. The lowest BCUT2D eigenvalue weighted by Crippen LogP contribution is -2.20. The molecule has 0 spiro atoms. The van der Waals surface area contributed by atoms with Gasteiger partial charge in [0.05, 0.1) is 4.91 Å². The maximum atomic E-state index is 12.1. The van der Waals surface area contributed by atoms with E-state index >= 15 is 0 Å². The quantitative estimate of drug-likeness (QED) is 0.609. The van der Waals surface area contributed by atoms with Crippen molar-refractivity contribution in [3.05, 3.63) is 70.8 Å². The van der Waals surface area contributed by atoms with Gasteiger partial charge in [0.2, 0.25) is 0 Å². The predicted octanol–water partition coefficient (Wildman–Crippen LogP) is 3.88. The molecule has 1 saturated heterocycles. The Morgan fingerprint density at radius 1 is 1.13 bits per heavy atom. The van der Waals surface area contributed by atoms with Gasteiger partial charge in [0.15, 0.2) is 6.61 Å². The van der Waals surface area contributed by atoms with Gasteiger partial charge in [0.25, 0.3) is 17.1 Å². The zero-order valence-electron chi connectivity index (χ0n) is 16.0. The van der Waals surface area contributed by atoms with Crippen molar-refractivity contribution in [2.45, 2.75) is 6.92 Å². The molecule has 0 bridgehead atoms. The molecule has 2 aromatic carbocycles. The van der Waals surface area contributed by atoms with E-state index in [-0.39, 0.29) is 23.7 Å². The minimum absolute atomic E-state index is 0.133. The summed E-state index contributed by atoms with van der Waals surface area (Å²) >= 11 is 0.886. The molecule has 30 heavy (non-hydrogen) atoms. The molecular formula is C22H17N3O4S. The summed E-state index contributed by atoms with van der Waals surface area (Å²) in [4.78, 5) is 39.6. The second kappa shape index (κ2) is 8.38. The van der Waals surface area contributed by atoms with E-state index in [4.69, 9.17) is 4.74 Å². The summed E-state index contributed by atoms with van der Waals surface area (Å²) in [7, 11) is 0. The molecule has 3 amide bonds. The monoisotopic (exact) mass is 419 g/mol. The van der Waals surface area contributed by atoms with E-state index in [0.717, 1.165) is 33.8 Å². The van der Waals surface area contributed by atoms with Gasteiger partial charge in [-0.1, -0.05) is 24.3 Å². The van der Waals surface area contributed by atoms with Crippen LogP contribution in [0, 0.1) is 6.92 Å². The maximum absolute atomic E-state index is 12.1. The number of benzene rings is 2. The Hall–Kier alpha value is -3.65. The summed E-state index contributed by atoms with van der Waals surface area (Å²) < 4.78 is 5.60. The standard InChI is InChI=1S/C22H17N3O4S/c1-13-3-2-4-19(23-13)24-20(26)12-29-17-8-7-15-9-14(5-6-16(15)11-17)10-18-21(27)25-22(28)30-18/h2-11H,12H2,1H3,(H,23,24,26)(H,25,27,28)/b18-10+. The predicted molar refractivity (Wildman–Crippen MR) is 116 cm³/mol. The second-order valence-corrected chi connectivity index (χ2v) is 7.64. The van der Waals surface area contributed by atoms with E-state index < -0.39 is 0 Å². The van der Waals surface area contributed by atoms with Gasteiger partial charge in [0.1, 0.15) is 11.6 Å². The number of hydrogen-bond donors (Lipinski definition) is 2. The normalized spacial score (nSPS) is 14.8. The summed E-state index contributed by atoms with van der Waals surface area (Å²) in [5.41, 5.74) is 1.63. The number of carbonyl (C=O) groups is 3. The first-order valence-electron chi connectivity index (χ1n) is 9.11. The van der Waals surface area contributed by atoms with E-state index in [1.165, 1.54) is 0 Å². The van der Waals surface area contributed by atoms with Crippen LogP contribution in [0.1, 0.15) is 11.3 Å². The lowest BCUT2D eigenvalue weighted by atomic mass is 10.1. The van der Waals surface area contributed by atoms with Crippen molar-refractivity contribution in [1.29, 1.82) is 0 Å². The number of nitrogens with one attached hydrogen (secondary N) is 2. The number of carbonyl (C=O) groups excluding carboxylic acids is 3. The zero-order chi connectivity index (χ0) is 21.1. The van der Waals surface area contributed by atoms with Crippen LogP contribution in [0.3, 0.4) is 0 Å². The Morgan fingerprint density at radius 2 is 1.93 bits per heavy atom. The van der Waals surface area contributed by atoms with Crippen LogP contribution >= 0.6 is 11.8 Å². The number of ether oxygens (including phenoxy) is 1. The SMILES string of the molecule is Cc1cccc(NC(=O)COc2ccc3cc(/C=C4/SC(=O)NC4=O)ccc3c2)n1. The van der Waals surface area contributed by atoms with Gasteiger partial charge < -0.3 is 10.1 Å². The van der Waals surface area contributed by atoms with Crippen LogP contribution in [0.5, 0.6) is 5.75 Å². The highest BCUT2D eigenvalue weighted by Gasteiger charge is 2.24. The highest BCUT2D eigenvalue weighted by Crippen LogP contribution is 2.28. The van der Waals surface area contributed by atoms with Crippen molar-refractivity contribution in [1.82, 2.24) is 10.3 Å². The lowest BCUT2D eigenvalue weighted by molar-refractivity contribution is -0.118. The van der Waals surface area contributed by atoms with Crippen LogP contribution in [-0.2, 0) is 9.59 Å². The number of imide groups is 1. The van der Waals surface area contributed by atoms with Crippen molar-refractivity contribution in [2.75, 3.05) is 11.9 Å². The summed E-state index contributed by atoms with van der Waals surface area (Å²) in [6, 6.07) is 16.5. The van der Waals surface area contributed by atoms with Crippen LogP contribution < -0.4 is 15.4 Å². The minimum Gasteiger partial charge on any atom is -0.484 e.